The van der Waals surface area contributed by atoms with Crippen molar-refractivity contribution in [1.82, 2.24) is 0 Å². The molecule has 0 radical (unpaired) electrons. The molecule has 0 aromatic rings. The molecule has 5 nitrogen and oxygen atoms in total. The minimum absolute atomic E-state index is 0.111. The molecule has 0 aliphatic heterocycles. The van der Waals surface area contributed by atoms with Crippen LogP contribution in [-0.4, -0.2) is 50.9 Å². The number of rotatable bonds is 0. The Morgan fingerprint density at radius 1 is 0.909 bits per heavy atom. The van der Waals surface area contributed by atoms with Crippen molar-refractivity contribution < 1.29 is 20.4 Å². The van der Waals surface area contributed by atoms with Crippen LogP contribution in [0, 0.1) is 0 Å². The molecule has 66 valence electrons. The summed E-state index contributed by atoms with van der Waals surface area (Å²) >= 11 is 0. The van der Waals surface area contributed by atoms with E-state index in [0.29, 0.717) is 0 Å². The minimum atomic E-state index is -1.34. The first-order valence-corrected chi connectivity index (χ1v) is 3.52. The summed E-state index contributed by atoms with van der Waals surface area (Å²) in [5, 5.41) is 36.2. The number of hydrogen-bond donors (Lipinski definition) is 5. The maximum Gasteiger partial charge on any atom is 0.110 e. The maximum atomic E-state index is 9.09. The van der Waals surface area contributed by atoms with Crippen LogP contribution in [0.3, 0.4) is 0 Å². The van der Waals surface area contributed by atoms with E-state index < -0.39 is 30.5 Å². The first kappa shape index (κ1) is 8.89. The summed E-state index contributed by atoms with van der Waals surface area (Å²) < 4.78 is 0. The normalized spacial score (nSPS) is 52.6. The number of aliphatic hydroxyl groups excluding tert-OH is 4. The molecule has 1 rings (SSSR count). The van der Waals surface area contributed by atoms with Crippen LogP contribution in [0.25, 0.3) is 0 Å². The first-order valence-electron chi connectivity index (χ1n) is 3.52. The molecule has 1 aliphatic rings. The van der Waals surface area contributed by atoms with Gasteiger partial charge in [0, 0.05) is 6.04 Å². The molecule has 0 unspecified atom stereocenters. The highest BCUT2D eigenvalue weighted by molar-refractivity contribution is 4.94. The van der Waals surface area contributed by atoms with Crippen LogP contribution >= 0.6 is 0 Å². The van der Waals surface area contributed by atoms with Gasteiger partial charge in [-0.05, 0) is 6.42 Å². The minimum Gasteiger partial charge on any atom is -0.390 e. The molecule has 5 heteroatoms. The highest BCUT2D eigenvalue weighted by Gasteiger charge is 2.40. The summed E-state index contributed by atoms with van der Waals surface area (Å²) in [5.74, 6) is 0. The van der Waals surface area contributed by atoms with Gasteiger partial charge in [0.15, 0.2) is 0 Å². The van der Waals surface area contributed by atoms with E-state index in [1.54, 1.807) is 0 Å². The highest BCUT2D eigenvalue weighted by atomic mass is 16.4. The van der Waals surface area contributed by atoms with Crippen molar-refractivity contribution in [2.45, 2.75) is 36.9 Å². The van der Waals surface area contributed by atoms with Gasteiger partial charge in [-0.15, -0.1) is 0 Å². The Morgan fingerprint density at radius 2 is 1.45 bits per heavy atom. The molecule has 0 amide bonds. The summed E-state index contributed by atoms with van der Waals surface area (Å²) in [4.78, 5) is 0. The monoisotopic (exact) mass is 163 g/mol. The SMILES string of the molecule is N[C@H]1C[C@H](O)[C@H](O)[C@@H](O)[C@@H]1O. The molecule has 1 fully saturated rings. The Hall–Kier alpha value is -0.200. The molecule has 11 heavy (non-hydrogen) atoms. The predicted molar refractivity (Wildman–Crippen MR) is 36.6 cm³/mol. The van der Waals surface area contributed by atoms with Crippen LogP contribution < -0.4 is 5.73 Å². The molecule has 0 saturated heterocycles. The van der Waals surface area contributed by atoms with Gasteiger partial charge >= 0.3 is 0 Å². The lowest BCUT2D eigenvalue weighted by molar-refractivity contribution is -0.141. The summed E-state index contributed by atoms with van der Waals surface area (Å²) in [6.45, 7) is 0. The van der Waals surface area contributed by atoms with Crippen molar-refractivity contribution in [3.05, 3.63) is 0 Å². The van der Waals surface area contributed by atoms with Gasteiger partial charge in [0.2, 0.25) is 0 Å². The lowest BCUT2D eigenvalue weighted by Gasteiger charge is -2.36. The topological polar surface area (TPSA) is 107 Å². The molecule has 6 N–H and O–H groups in total. The van der Waals surface area contributed by atoms with Gasteiger partial charge < -0.3 is 26.2 Å². The molecule has 0 aromatic carbocycles. The van der Waals surface area contributed by atoms with Crippen molar-refractivity contribution in [2.75, 3.05) is 0 Å². The average Bonchev–Trinajstić information content (AvgIpc) is 1.97. The third-order valence-electron chi connectivity index (χ3n) is 2.05. The summed E-state index contributed by atoms with van der Waals surface area (Å²) in [7, 11) is 0. The van der Waals surface area contributed by atoms with Crippen molar-refractivity contribution in [2.24, 2.45) is 5.73 Å². The summed E-state index contributed by atoms with van der Waals surface area (Å²) in [6.07, 6.45) is -4.70. The van der Waals surface area contributed by atoms with Gasteiger partial charge in [-0.3, -0.25) is 0 Å². The summed E-state index contributed by atoms with van der Waals surface area (Å²) in [5.41, 5.74) is 5.34. The van der Waals surface area contributed by atoms with Gasteiger partial charge in [0.25, 0.3) is 0 Å². The van der Waals surface area contributed by atoms with Crippen LogP contribution in [0.15, 0.2) is 0 Å². The third-order valence-corrected chi connectivity index (χ3v) is 2.05. The Balaban J connectivity index is 2.63. The molecule has 0 heterocycles. The molecule has 0 bridgehead atoms. The smallest absolute Gasteiger partial charge is 0.110 e. The Labute approximate surface area is 64.1 Å². The van der Waals surface area contributed by atoms with Crippen LogP contribution in [0.4, 0.5) is 0 Å². The Bertz CT molecular complexity index is 129. The largest absolute Gasteiger partial charge is 0.390 e. The zero-order valence-electron chi connectivity index (χ0n) is 5.96. The second-order valence-corrected chi connectivity index (χ2v) is 2.94. The van der Waals surface area contributed by atoms with E-state index >= 15 is 0 Å². The van der Waals surface area contributed by atoms with E-state index in [9.17, 15) is 0 Å². The molecule has 0 aromatic heterocycles. The highest BCUT2D eigenvalue weighted by Crippen LogP contribution is 2.18. The zero-order chi connectivity index (χ0) is 8.59. The molecular weight excluding hydrogens is 150 g/mol. The Morgan fingerprint density at radius 3 is 2.00 bits per heavy atom. The lowest BCUT2D eigenvalue weighted by Crippen LogP contribution is -2.58. The van der Waals surface area contributed by atoms with Gasteiger partial charge in [0.05, 0.1) is 12.2 Å². The van der Waals surface area contributed by atoms with Gasteiger partial charge in [0.1, 0.15) is 12.2 Å². The van der Waals surface area contributed by atoms with E-state index in [-0.39, 0.29) is 6.42 Å². The van der Waals surface area contributed by atoms with Crippen LogP contribution in [-0.2, 0) is 0 Å². The molecule has 1 aliphatic carbocycles. The fraction of sp³-hybridized carbons (Fsp3) is 1.00. The second kappa shape index (κ2) is 3.04. The second-order valence-electron chi connectivity index (χ2n) is 2.94. The molecule has 5 atom stereocenters. The zero-order valence-corrected chi connectivity index (χ0v) is 5.96. The van der Waals surface area contributed by atoms with E-state index in [2.05, 4.69) is 0 Å². The predicted octanol–water partition coefficient (Wildman–Crippen LogP) is -2.84. The van der Waals surface area contributed by atoms with Gasteiger partial charge in [-0.1, -0.05) is 0 Å². The van der Waals surface area contributed by atoms with Crippen LogP contribution in [0.1, 0.15) is 6.42 Å². The average molecular weight is 163 g/mol. The molecule has 1 saturated carbocycles. The van der Waals surface area contributed by atoms with E-state index in [1.807, 2.05) is 0 Å². The summed E-state index contributed by atoms with van der Waals surface area (Å²) in [6, 6.07) is -0.664. The first-order chi connectivity index (χ1) is 5.04. The Kier molecular flexibility index (Phi) is 2.46. The van der Waals surface area contributed by atoms with Crippen LogP contribution in [0.2, 0.25) is 0 Å². The standard InChI is InChI=1S/C6H13NO4/c7-2-1-3(8)5(10)6(11)4(2)9/h2-6,8-11H,1,7H2/t2-,3-,4+,5-,6-/m0/s1. The third kappa shape index (κ3) is 1.52. The quantitative estimate of drug-likeness (QED) is 0.264. The maximum absolute atomic E-state index is 9.09. The van der Waals surface area contributed by atoms with Crippen molar-refractivity contribution in [1.29, 1.82) is 0 Å². The van der Waals surface area contributed by atoms with Crippen LogP contribution in [0.5, 0.6) is 0 Å². The number of aliphatic hydroxyl groups is 4. The van der Waals surface area contributed by atoms with Gasteiger partial charge in [-0.25, -0.2) is 0 Å². The number of hydrogen-bond acceptors (Lipinski definition) is 5. The fourth-order valence-electron chi connectivity index (χ4n) is 1.24. The van der Waals surface area contributed by atoms with Crippen molar-refractivity contribution in [3.63, 3.8) is 0 Å². The lowest BCUT2D eigenvalue weighted by atomic mass is 9.86. The van der Waals surface area contributed by atoms with E-state index in [4.69, 9.17) is 26.2 Å². The van der Waals surface area contributed by atoms with E-state index in [1.165, 1.54) is 0 Å². The van der Waals surface area contributed by atoms with Crippen molar-refractivity contribution in [3.8, 4) is 0 Å². The molecular formula is C6H13NO4. The fourth-order valence-corrected chi connectivity index (χ4v) is 1.24. The number of nitrogens with two attached hydrogens (primary N) is 1. The van der Waals surface area contributed by atoms with Gasteiger partial charge in [-0.2, -0.15) is 0 Å². The molecule has 0 spiro atoms. The van der Waals surface area contributed by atoms with Crippen molar-refractivity contribution >= 4 is 0 Å². The van der Waals surface area contributed by atoms with E-state index in [0.717, 1.165) is 0 Å².